The van der Waals surface area contributed by atoms with E-state index in [0.717, 1.165) is 48.4 Å². The Balaban J connectivity index is 1.46. The van der Waals surface area contributed by atoms with Crippen molar-refractivity contribution in [3.05, 3.63) is 64.7 Å². The quantitative estimate of drug-likeness (QED) is 0.628. The van der Waals surface area contributed by atoms with Crippen molar-refractivity contribution in [2.75, 3.05) is 19.3 Å². The van der Waals surface area contributed by atoms with Crippen LogP contribution in [0.5, 0.6) is 0 Å². The van der Waals surface area contributed by atoms with Crippen LogP contribution in [-0.4, -0.2) is 36.1 Å². The molecule has 154 valence electrons. The van der Waals surface area contributed by atoms with Crippen LogP contribution in [0.2, 0.25) is 5.02 Å². The van der Waals surface area contributed by atoms with E-state index in [1.54, 1.807) is 11.8 Å². The van der Waals surface area contributed by atoms with Gasteiger partial charge in [-0.3, -0.25) is 9.59 Å². The van der Waals surface area contributed by atoms with Crippen molar-refractivity contribution in [2.24, 2.45) is 5.92 Å². The van der Waals surface area contributed by atoms with E-state index in [1.165, 1.54) is 0 Å². The van der Waals surface area contributed by atoms with E-state index >= 15 is 0 Å². The number of amides is 2. The molecule has 6 heteroatoms. The van der Waals surface area contributed by atoms with Gasteiger partial charge in [0.25, 0.3) is 5.91 Å². The van der Waals surface area contributed by atoms with Crippen LogP contribution in [0.15, 0.2) is 53.4 Å². The van der Waals surface area contributed by atoms with Gasteiger partial charge in [0.05, 0.1) is 0 Å². The Labute approximate surface area is 182 Å². The lowest BCUT2D eigenvalue weighted by molar-refractivity contribution is -0.121. The molecule has 1 fully saturated rings. The van der Waals surface area contributed by atoms with E-state index in [1.807, 2.05) is 59.7 Å². The molecule has 2 aromatic rings. The van der Waals surface area contributed by atoms with Crippen LogP contribution in [0.4, 0.5) is 0 Å². The summed E-state index contributed by atoms with van der Waals surface area (Å²) in [5, 5.41) is 3.61. The summed E-state index contributed by atoms with van der Waals surface area (Å²) >= 11 is 7.80. The molecule has 0 spiro atoms. The van der Waals surface area contributed by atoms with Crippen LogP contribution >= 0.6 is 23.4 Å². The van der Waals surface area contributed by atoms with E-state index < -0.39 is 0 Å². The summed E-state index contributed by atoms with van der Waals surface area (Å²) in [6.07, 6.45) is 5.34. The van der Waals surface area contributed by atoms with E-state index in [9.17, 15) is 9.59 Å². The summed E-state index contributed by atoms with van der Waals surface area (Å²) in [5.74, 6) is 0.482. The lowest BCUT2D eigenvalue weighted by atomic mass is 9.92. The van der Waals surface area contributed by atoms with Gasteiger partial charge in [-0.15, -0.1) is 11.8 Å². The molecule has 1 heterocycles. The fourth-order valence-corrected chi connectivity index (χ4v) is 4.27. The standard InChI is InChI=1S/C23H27ClN2O2S/c1-29-20-11-9-18(10-12-20)23(28)26-14-4-5-17(16-26)8-13-22(27)25-15-19-6-2-3-7-21(19)24/h2-3,6-7,9-12,17H,4-5,8,13-16H2,1H3,(H,25,27)/t17-/m0/s1. The molecular weight excluding hydrogens is 404 g/mol. The second-order valence-electron chi connectivity index (χ2n) is 7.39. The number of piperidine rings is 1. The number of hydrogen-bond acceptors (Lipinski definition) is 3. The first kappa shape index (κ1) is 21.7. The van der Waals surface area contributed by atoms with Gasteiger partial charge in [0.1, 0.15) is 0 Å². The highest BCUT2D eigenvalue weighted by Gasteiger charge is 2.24. The highest BCUT2D eigenvalue weighted by atomic mass is 35.5. The first-order valence-electron chi connectivity index (χ1n) is 10.00. The largest absolute Gasteiger partial charge is 0.352 e. The summed E-state index contributed by atoms with van der Waals surface area (Å²) in [5.41, 5.74) is 1.66. The Morgan fingerprint density at radius 3 is 2.66 bits per heavy atom. The van der Waals surface area contributed by atoms with Crippen LogP contribution in [0.1, 0.15) is 41.6 Å². The van der Waals surface area contributed by atoms with Gasteiger partial charge in [-0.1, -0.05) is 29.8 Å². The average Bonchev–Trinajstić information content (AvgIpc) is 2.77. The summed E-state index contributed by atoms with van der Waals surface area (Å²) in [6, 6.07) is 15.3. The molecule has 3 rings (SSSR count). The summed E-state index contributed by atoms with van der Waals surface area (Å²) < 4.78 is 0. The number of hydrogen-bond donors (Lipinski definition) is 1. The zero-order valence-corrected chi connectivity index (χ0v) is 18.3. The molecule has 0 unspecified atom stereocenters. The molecule has 1 atom stereocenters. The molecule has 2 aromatic carbocycles. The number of nitrogens with zero attached hydrogens (tertiary/aromatic N) is 1. The predicted octanol–water partition coefficient (Wildman–Crippen LogP) is 5.01. The number of halogens is 1. The van der Waals surface area contributed by atoms with Gasteiger partial charge in [0, 0.05) is 41.5 Å². The highest BCUT2D eigenvalue weighted by Crippen LogP contribution is 2.23. The molecule has 2 amide bonds. The molecule has 0 radical (unpaired) electrons. The number of likely N-dealkylation sites (tertiary alicyclic amines) is 1. The van der Waals surface area contributed by atoms with E-state index in [4.69, 9.17) is 11.6 Å². The van der Waals surface area contributed by atoms with Crippen molar-refractivity contribution in [1.29, 1.82) is 0 Å². The smallest absolute Gasteiger partial charge is 0.253 e. The fraction of sp³-hybridized carbons (Fsp3) is 0.391. The number of carbonyl (C=O) groups excluding carboxylic acids is 2. The van der Waals surface area contributed by atoms with Crippen molar-refractivity contribution < 1.29 is 9.59 Å². The van der Waals surface area contributed by atoms with E-state index in [0.29, 0.717) is 23.9 Å². The fourth-order valence-electron chi connectivity index (χ4n) is 3.66. The van der Waals surface area contributed by atoms with Crippen molar-refractivity contribution in [3.8, 4) is 0 Å². The van der Waals surface area contributed by atoms with E-state index in [2.05, 4.69) is 5.32 Å². The molecule has 1 aliphatic rings. The van der Waals surface area contributed by atoms with Crippen molar-refractivity contribution >= 4 is 35.2 Å². The summed E-state index contributed by atoms with van der Waals surface area (Å²) in [6.45, 7) is 1.96. The molecule has 0 aromatic heterocycles. The monoisotopic (exact) mass is 430 g/mol. The third-order valence-corrected chi connectivity index (χ3v) is 6.47. The van der Waals surface area contributed by atoms with E-state index in [-0.39, 0.29) is 11.8 Å². The minimum atomic E-state index is 0.0287. The lowest BCUT2D eigenvalue weighted by Gasteiger charge is -2.33. The Kier molecular flexibility index (Phi) is 8.01. The average molecular weight is 431 g/mol. The maximum Gasteiger partial charge on any atom is 0.253 e. The first-order valence-corrected chi connectivity index (χ1v) is 11.6. The zero-order valence-electron chi connectivity index (χ0n) is 16.7. The van der Waals surface area contributed by atoms with Crippen molar-refractivity contribution in [2.45, 2.75) is 37.1 Å². The topological polar surface area (TPSA) is 49.4 Å². The Morgan fingerprint density at radius 2 is 1.93 bits per heavy atom. The van der Waals surface area contributed by atoms with Crippen molar-refractivity contribution in [1.82, 2.24) is 10.2 Å². The molecule has 1 aliphatic heterocycles. The minimum Gasteiger partial charge on any atom is -0.352 e. The summed E-state index contributed by atoms with van der Waals surface area (Å²) in [4.78, 5) is 28.1. The molecule has 1 N–H and O–H groups in total. The maximum absolute atomic E-state index is 12.8. The SMILES string of the molecule is CSc1ccc(C(=O)N2CCC[C@@H](CCC(=O)NCc3ccccc3Cl)C2)cc1. The zero-order chi connectivity index (χ0) is 20.6. The normalized spacial score (nSPS) is 16.5. The maximum atomic E-state index is 12.8. The lowest BCUT2D eigenvalue weighted by Crippen LogP contribution is -2.40. The number of benzene rings is 2. The van der Waals surface area contributed by atoms with Crippen LogP contribution in [-0.2, 0) is 11.3 Å². The molecule has 0 bridgehead atoms. The molecule has 1 saturated heterocycles. The van der Waals surface area contributed by atoms with Gasteiger partial charge in [-0.05, 0) is 67.3 Å². The Hall–Kier alpha value is -1.98. The van der Waals surface area contributed by atoms with Gasteiger partial charge in [0.15, 0.2) is 0 Å². The third-order valence-electron chi connectivity index (χ3n) is 5.36. The highest BCUT2D eigenvalue weighted by molar-refractivity contribution is 7.98. The predicted molar refractivity (Wildman–Crippen MR) is 119 cm³/mol. The van der Waals surface area contributed by atoms with Gasteiger partial charge in [0.2, 0.25) is 5.91 Å². The van der Waals surface area contributed by atoms with Crippen LogP contribution in [0.3, 0.4) is 0 Å². The number of thioether (sulfide) groups is 1. The first-order chi connectivity index (χ1) is 14.1. The Morgan fingerprint density at radius 1 is 1.17 bits per heavy atom. The second kappa shape index (κ2) is 10.7. The third kappa shape index (κ3) is 6.25. The molecule has 29 heavy (non-hydrogen) atoms. The Bertz CT molecular complexity index is 841. The number of nitrogens with one attached hydrogen (secondary N) is 1. The van der Waals surface area contributed by atoms with Crippen LogP contribution in [0.25, 0.3) is 0 Å². The molecular formula is C23H27ClN2O2S. The van der Waals surface area contributed by atoms with Gasteiger partial charge >= 0.3 is 0 Å². The van der Waals surface area contributed by atoms with Gasteiger partial charge < -0.3 is 10.2 Å². The van der Waals surface area contributed by atoms with Crippen molar-refractivity contribution in [3.63, 3.8) is 0 Å². The molecule has 0 saturated carbocycles. The van der Waals surface area contributed by atoms with Gasteiger partial charge in [-0.25, -0.2) is 0 Å². The number of rotatable bonds is 7. The number of carbonyl (C=O) groups is 2. The van der Waals surface area contributed by atoms with Crippen LogP contribution < -0.4 is 5.32 Å². The second-order valence-corrected chi connectivity index (χ2v) is 8.68. The minimum absolute atomic E-state index is 0.0287. The summed E-state index contributed by atoms with van der Waals surface area (Å²) in [7, 11) is 0. The molecule has 4 nitrogen and oxygen atoms in total. The van der Waals surface area contributed by atoms with Crippen LogP contribution in [0, 0.1) is 5.92 Å². The molecule has 0 aliphatic carbocycles. The van der Waals surface area contributed by atoms with Gasteiger partial charge in [-0.2, -0.15) is 0 Å².